The SMILES string of the molecule is COc1ccc2c(O[C@@H]3C[C@H]4C(=O)N[C@]5(C(=O)SCCNC(=O)CCNC(=O)C(O)C(C)(C)COP(=O)(O)OP(=O)(O)OCC6OC(n7cnc8c(N)ncnc87)C(O)C6OP(=O)(O)O)C[C@H]5C=CCCCCC[C@H](NC(=O)OC5CCCC5)C(=O)N4C3)cc(-c3csc(NC(C)C)n3)nc2c1. The van der Waals surface area contributed by atoms with Gasteiger partial charge in [0.1, 0.15) is 83.3 Å². The maximum Gasteiger partial charge on any atom is 0.481 e. The van der Waals surface area contributed by atoms with Gasteiger partial charge in [-0.15, -0.1) is 11.3 Å². The Morgan fingerprint density at radius 3 is 2.44 bits per heavy atom. The lowest BCUT2D eigenvalue weighted by Crippen LogP contribution is -2.56. The molecule has 12 atom stereocenters. The average molecular weight is 1520 g/mol. The van der Waals surface area contributed by atoms with E-state index in [0.29, 0.717) is 71.0 Å². The molecule has 5 amide bonds. The molecule has 2 saturated carbocycles. The van der Waals surface area contributed by atoms with Crippen molar-refractivity contribution in [3.63, 3.8) is 0 Å². The first-order valence-electron chi connectivity index (χ1n) is 33.0. The number of carbonyl (C=O) groups excluding carboxylic acids is 6. The molecular formula is C61H84N13O23P3S2. The number of ether oxygens (including phenoxy) is 4. The lowest BCUT2D eigenvalue weighted by Gasteiger charge is -2.30. The number of phosphoric acid groups is 3. The molecule has 7 heterocycles. The quantitative estimate of drug-likeness (QED) is 0.0184. The van der Waals surface area contributed by atoms with Crippen LogP contribution in [0, 0.1) is 11.3 Å². The predicted octanol–water partition coefficient (Wildman–Crippen LogP) is 4.65. The Balaban J connectivity index is 0.724. The molecule has 5 aromatic rings. The highest BCUT2D eigenvalue weighted by Gasteiger charge is 2.61. The molecule has 2 saturated heterocycles. The van der Waals surface area contributed by atoms with Crippen LogP contribution in [0.1, 0.15) is 111 Å². The lowest BCUT2D eigenvalue weighted by atomic mass is 9.87. The number of rotatable bonds is 28. The average Bonchev–Trinajstić information content (AvgIpc) is 1.58. The summed E-state index contributed by atoms with van der Waals surface area (Å²) in [5, 5.41) is 39.1. The van der Waals surface area contributed by atoms with E-state index in [4.69, 9.17) is 48.2 Å². The summed E-state index contributed by atoms with van der Waals surface area (Å²) in [6.07, 6.45) is 1.22. The molecular weight excluding hydrogens is 1440 g/mol. The maximum absolute atomic E-state index is 15.1. The highest BCUT2D eigenvalue weighted by atomic mass is 32.2. The Hall–Kier alpha value is -6.83. The Kier molecular flexibility index (Phi) is 25.2. The molecule has 13 N–H and O–H groups in total. The topological polar surface area (TPSA) is 508 Å². The van der Waals surface area contributed by atoms with Gasteiger partial charge >= 0.3 is 29.6 Å². The van der Waals surface area contributed by atoms with Crippen molar-refractivity contribution in [3.8, 4) is 22.9 Å². The second-order valence-electron chi connectivity index (χ2n) is 26.3. The number of aliphatic hydroxyl groups excluding tert-OH is 2. The van der Waals surface area contributed by atoms with Crippen LogP contribution in [0.4, 0.5) is 15.7 Å². The van der Waals surface area contributed by atoms with Crippen LogP contribution in [0.5, 0.6) is 11.5 Å². The number of amides is 5. The van der Waals surface area contributed by atoms with Crippen molar-refractivity contribution in [1.82, 2.24) is 55.7 Å². The van der Waals surface area contributed by atoms with Crippen molar-refractivity contribution in [2.24, 2.45) is 11.3 Å². The zero-order valence-corrected chi connectivity index (χ0v) is 60.6. The van der Waals surface area contributed by atoms with E-state index in [1.807, 2.05) is 37.4 Å². The van der Waals surface area contributed by atoms with Crippen molar-refractivity contribution in [3.05, 3.63) is 54.5 Å². The molecule has 3 aliphatic heterocycles. The molecule has 0 bridgehead atoms. The number of nitrogens with two attached hydrogens (primary N) is 1. The molecule has 558 valence electrons. The van der Waals surface area contributed by atoms with Gasteiger partial charge in [-0.25, -0.2) is 43.4 Å². The number of fused-ring (bicyclic) bond motifs is 4. The molecule has 4 aromatic heterocycles. The van der Waals surface area contributed by atoms with E-state index in [-0.39, 0.29) is 85.3 Å². The number of aromatic nitrogens is 6. The minimum absolute atomic E-state index is 0.00104. The normalized spacial score (nSPS) is 25.1. The van der Waals surface area contributed by atoms with Gasteiger partial charge in [0, 0.05) is 72.0 Å². The Morgan fingerprint density at radius 1 is 0.941 bits per heavy atom. The van der Waals surface area contributed by atoms with Crippen LogP contribution < -0.4 is 41.8 Å². The molecule has 41 heteroatoms. The molecule has 10 rings (SSSR count). The van der Waals surface area contributed by atoms with E-state index >= 15 is 9.59 Å². The van der Waals surface area contributed by atoms with Crippen LogP contribution in [-0.4, -0.2) is 205 Å². The third-order valence-electron chi connectivity index (χ3n) is 17.7. The molecule has 0 radical (unpaired) electrons. The number of pyridine rings is 1. The number of imidazole rings is 1. The first kappa shape index (κ1) is 77.8. The minimum atomic E-state index is -5.67. The molecule has 4 fully saturated rings. The third-order valence-corrected chi connectivity index (χ3v) is 22.6. The second-order valence-corrected chi connectivity index (χ2v) is 32.4. The molecule has 7 unspecified atom stereocenters. The molecule has 2 aliphatic carbocycles. The number of carbonyl (C=O) groups is 6. The lowest BCUT2D eigenvalue weighted by molar-refractivity contribution is -0.140. The van der Waals surface area contributed by atoms with Gasteiger partial charge in [-0.2, -0.15) is 4.31 Å². The van der Waals surface area contributed by atoms with Crippen LogP contribution in [-0.2, 0) is 65.0 Å². The number of methoxy groups -OCH3 is 1. The summed E-state index contributed by atoms with van der Waals surface area (Å²) in [6, 6.07) is 5.03. The summed E-state index contributed by atoms with van der Waals surface area (Å²) >= 11 is 2.31. The molecule has 0 spiro atoms. The molecule has 36 nitrogen and oxygen atoms in total. The fourth-order valence-corrected chi connectivity index (χ4v) is 16.9. The van der Waals surface area contributed by atoms with Crippen LogP contribution in [0.25, 0.3) is 33.5 Å². The van der Waals surface area contributed by atoms with E-state index < -0.39 is 132 Å². The molecule has 102 heavy (non-hydrogen) atoms. The van der Waals surface area contributed by atoms with E-state index in [1.54, 1.807) is 25.3 Å². The van der Waals surface area contributed by atoms with E-state index in [0.717, 1.165) is 48.2 Å². The first-order valence-corrected chi connectivity index (χ1v) is 39.4. The van der Waals surface area contributed by atoms with Crippen LogP contribution in [0.15, 0.2) is 54.5 Å². The number of allylic oxidation sites excluding steroid dienone is 1. The number of hydrogen-bond donors (Lipinski definition) is 12. The van der Waals surface area contributed by atoms with E-state index in [9.17, 15) is 62.7 Å². The van der Waals surface area contributed by atoms with Crippen molar-refractivity contribution < 1.29 is 109 Å². The summed E-state index contributed by atoms with van der Waals surface area (Å²) in [5.74, 6) is -2.19. The number of anilines is 2. The number of nitrogen functional groups attached to an aromatic ring is 1. The summed E-state index contributed by atoms with van der Waals surface area (Å²) in [6.45, 7) is 3.91. The van der Waals surface area contributed by atoms with Crippen molar-refractivity contribution >= 4 is 114 Å². The Bertz CT molecular complexity index is 4070. The van der Waals surface area contributed by atoms with Gasteiger partial charge < -0.3 is 86.0 Å². The monoisotopic (exact) mass is 1520 g/mol. The summed E-state index contributed by atoms with van der Waals surface area (Å²) in [5.41, 5.74) is 4.42. The number of thioether (sulfide) groups is 1. The number of benzene rings is 1. The summed E-state index contributed by atoms with van der Waals surface area (Å²) < 4.78 is 81.5. The second kappa shape index (κ2) is 33.1. The van der Waals surface area contributed by atoms with Gasteiger partial charge in [0.2, 0.25) is 28.7 Å². The van der Waals surface area contributed by atoms with Gasteiger partial charge in [0.05, 0.1) is 44.4 Å². The smallest absolute Gasteiger partial charge is 0.481 e. The van der Waals surface area contributed by atoms with E-state index in [2.05, 4.69) is 45.8 Å². The standard InChI is InChI=1S/C61H84N13O23P3S2/c1-33(2)68-58-70-42(29-102-58)41-25-44(38-18-17-36(90-5)23-40(38)69-41)93-37-24-43-53(78)72-61(26-34(61)13-9-7-6-8-10-16-39(55(80)73(43)27-37)71-59(82)94-35-14-11-12-15-35)57(81)101-22-21-63-46(75)19-20-64-54(79)50(77)60(3,4)30-92-100(88,89)97-99(86,87)91-28-45-49(96-98(83,84)85)48(76)56(95-45)74-32-67-47-51(62)65-31-66-52(47)74/h9,13,17-18,23,25,29,31-35,37,39,43,45,48-50,56,76-77H,6-8,10-12,14-16,19-22,24,26-28,30H2,1-5H3,(H,63,75)(H,64,79)(H,68,70)(H,71,82)(H,72,78)(H,86,87)(H,88,89)(H2,62,65,66)(H2,83,84,85)/t34-,37-,39+,43+,45?,48?,49?,50?,56?,61-/m1/s1. The number of nitrogens with one attached hydrogen (secondary N) is 5. The van der Waals surface area contributed by atoms with Crippen LogP contribution in [0.2, 0.25) is 0 Å². The maximum atomic E-state index is 15.1. The highest BCUT2D eigenvalue weighted by molar-refractivity contribution is 8.13. The number of phosphoric ester groups is 3. The van der Waals surface area contributed by atoms with Crippen molar-refractivity contribution in [1.29, 1.82) is 0 Å². The molecule has 5 aliphatic rings. The fraction of sp³-hybridized carbons (Fsp3) is 0.590. The fourth-order valence-electron chi connectivity index (χ4n) is 12.3. The first-order chi connectivity index (χ1) is 48.3. The van der Waals surface area contributed by atoms with Crippen LogP contribution in [0.3, 0.4) is 0 Å². The Labute approximate surface area is 593 Å². The van der Waals surface area contributed by atoms with Gasteiger partial charge in [-0.1, -0.05) is 50.6 Å². The molecule has 1 aromatic carbocycles. The number of hydrogen-bond acceptors (Lipinski definition) is 28. The zero-order valence-electron chi connectivity index (χ0n) is 56.3. The predicted molar refractivity (Wildman–Crippen MR) is 367 cm³/mol. The van der Waals surface area contributed by atoms with Gasteiger partial charge in [0.25, 0.3) is 0 Å². The van der Waals surface area contributed by atoms with Gasteiger partial charge in [-0.05, 0) is 77.3 Å². The van der Waals surface area contributed by atoms with Crippen LogP contribution >= 0.6 is 46.6 Å². The summed E-state index contributed by atoms with van der Waals surface area (Å²) in [4.78, 5) is 147. The minimum Gasteiger partial charge on any atom is -0.497 e. The number of thiazole rings is 1. The Morgan fingerprint density at radius 2 is 1.70 bits per heavy atom. The zero-order chi connectivity index (χ0) is 73.5. The third kappa shape index (κ3) is 19.8. The van der Waals surface area contributed by atoms with Gasteiger partial charge in [-0.3, -0.25) is 42.1 Å². The number of alkyl carbamates (subject to hydrolysis) is 1. The summed E-state index contributed by atoms with van der Waals surface area (Å²) in [7, 11) is -15.1. The number of aliphatic hydroxyl groups is 2. The van der Waals surface area contributed by atoms with Gasteiger partial charge in [0.15, 0.2) is 22.8 Å². The van der Waals surface area contributed by atoms with Crippen molar-refractivity contribution in [2.75, 3.05) is 56.8 Å². The van der Waals surface area contributed by atoms with E-state index in [1.165, 1.54) is 30.1 Å². The largest absolute Gasteiger partial charge is 0.497 e. The van der Waals surface area contributed by atoms with Crippen molar-refractivity contribution in [2.45, 2.75) is 171 Å². The highest BCUT2D eigenvalue weighted by Crippen LogP contribution is 2.61. The number of nitrogens with zero attached hydrogens (tertiary/aromatic N) is 7.